The molecule has 1 saturated heterocycles. The minimum Gasteiger partial charge on any atom is -0.493 e. The Balaban J connectivity index is 1.74. The predicted octanol–water partition coefficient (Wildman–Crippen LogP) is 1.08. The predicted molar refractivity (Wildman–Crippen MR) is 101 cm³/mol. The van der Waals surface area contributed by atoms with E-state index in [0.717, 1.165) is 11.3 Å². The number of carbonyl (C=O) groups is 1. The normalized spacial score (nSPS) is 21.6. The van der Waals surface area contributed by atoms with Crippen LogP contribution in [0.3, 0.4) is 0 Å². The highest BCUT2D eigenvalue weighted by molar-refractivity contribution is 7.80. The summed E-state index contributed by atoms with van der Waals surface area (Å²) in [6.45, 7) is 4.22. The first kappa shape index (κ1) is 17.9. The maximum atomic E-state index is 13.2. The number of ether oxygens (including phenoxy) is 4. The highest BCUT2D eigenvalue weighted by Crippen LogP contribution is 2.44. The molecule has 0 spiro atoms. The van der Waals surface area contributed by atoms with Gasteiger partial charge >= 0.3 is 0 Å². The average Bonchev–Trinajstić information content (AvgIpc) is 3.15. The van der Waals surface area contributed by atoms with Crippen LogP contribution in [-0.2, 0) is 9.53 Å². The maximum Gasteiger partial charge on any atom is 0.254 e. The first-order valence-corrected chi connectivity index (χ1v) is 9.12. The summed E-state index contributed by atoms with van der Waals surface area (Å²) in [6, 6.07) is 3.28. The second kappa shape index (κ2) is 7.24. The Hall–Kier alpha value is -2.52. The number of benzene rings is 1. The van der Waals surface area contributed by atoms with Crippen LogP contribution in [0.5, 0.6) is 17.2 Å². The van der Waals surface area contributed by atoms with E-state index in [0.29, 0.717) is 54.2 Å². The Morgan fingerprint density at radius 1 is 1.30 bits per heavy atom. The van der Waals surface area contributed by atoms with Gasteiger partial charge in [0.1, 0.15) is 0 Å². The summed E-state index contributed by atoms with van der Waals surface area (Å²) in [6.07, 6.45) is 0. The number of thiocarbonyl (C=S) groups is 1. The third kappa shape index (κ3) is 3.28. The Bertz CT molecular complexity index is 819. The Morgan fingerprint density at radius 3 is 2.81 bits per heavy atom. The summed E-state index contributed by atoms with van der Waals surface area (Å²) < 4.78 is 21.8. The fraction of sp³-hybridized carbons (Fsp3) is 0.444. The zero-order valence-corrected chi connectivity index (χ0v) is 16.0. The van der Waals surface area contributed by atoms with Crippen molar-refractivity contribution in [2.45, 2.75) is 13.0 Å². The highest BCUT2D eigenvalue weighted by atomic mass is 32.1. The SMILES string of the molecule is COc1cc([C@@H]2NC(=S)NC(C)=C2C(=O)N2CCOCC2)cc2c1OCO2. The zero-order chi connectivity index (χ0) is 19.0. The van der Waals surface area contributed by atoms with Crippen molar-refractivity contribution in [3.8, 4) is 17.2 Å². The fourth-order valence-electron chi connectivity index (χ4n) is 3.48. The van der Waals surface area contributed by atoms with Crippen molar-refractivity contribution >= 4 is 23.2 Å². The summed E-state index contributed by atoms with van der Waals surface area (Å²) in [7, 11) is 1.57. The number of methoxy groups -OCH3 is 1. The van der Waals surface area contributed by atoms with Crippen LogP contribution in [0.15, 0.2) is 23.4 Å². The van der Waals surface area contributed by atoms with E-state index in [4.69, 9.17) is 31.2 Å². The van der Waals surface area contributed by atoms with Crippen LogP contribution in [0.25, 0.3) is 0 Å². The van der Waals surface area contributed by atoms with Gasteiger partial charge in [0.05, 0.1) is 31.9 Å². The lowest BCUT2D eigenvalue weighted by molar-refractivity contribution is -0.131. The van der Waals surface area contributed by atoms with E-state index in [1.807, 2.05) is 19.1 Å². The van der Waals surface area contributed by atoms with Gasteiger partial charge in [0.25, 0.3) is 5.91 Å². The van der Waals surface area contributed by atoms with Crippen molar-refractivity contribution in [2.24, 2.45) is 0 Å². The number of amides is 1. The van der Waals surface area contributed by atoms with Crippen molar-refractivity contribution in [2.75, 3.05) is 40.2 Å². The molecule has 0 saturated carbocycles. The Kier molecular flexibility index (Phi) is 4.79. The number of hydrogen-bond donors (Lipinski definition) is 2. The molecule has 3 heterocycles. The van der Waals surface area contributed by atoms with Gasteiger partial charge in [0.2, 0.25) is 12.5 Å². The van der Waals surface area contributed by atoms with Crippen molar-refractivity contribution in [3.05, 3.63) is 29.0 Å². The second-order valence-electron chi connectivity index (χ2n) is 6.43. The van der Waals surface area contributed by atoms with Gasteiger partial charge in [0.15, 0.2) is 16.6 Å². The molecule has 144 valence electrons. The van der Waals surface area contributed by atoms with Gasteiger partial charge in [-0.1, -0.05) is 0 Å². The topological polar surface area (TPSA) is 81.3 Å². The smallest absolute Gasteiger partial charge is 0.254 e. The summed E-state index contributed by atoms with van der Waals surface area (Å²) >= 11 is 5.33. The molecule has 1 atom stereocenters. The van der Waals surface area contributed by atoms with Crippen molar-refractivity contribution < 1.29 is 23.7 Å². The third-order valence-corrected chi connectivity index (χ3v) is 5.03. The molecule has 2 N–H and O–H groups in total. The number of nitrogens with one attached hydrogen (secondary N) is 2. The largest absolute Gasteiger partial charge is 0.493 e. The van der Waals surface area contributed by atoms with Gasteiger partial charge in [0, 0.05) is 18.8 Å². The second-order valence-corrected chi connectivity index (χ2v) is 6.84. The van der Waals surface area contributed by atoms with E-state index in [1.54, 1.807) is 12.0 Å². The molecule has 0 unspecified atom stereocenters. The minimum atomic E-state index is -0.419. The number of morpholine rings is 1. The highest BCUT2D eigenvalue weighted by Gasteiger charge is 2.34. The van der Waals surface area contributed by atoms with Gasteiger partial charge in [-0.3, -0.25) is 4.79 Å². The number of carbonyl (C=O) groups excluding carboxylic acids is 1. The molecule has 1 aromatic rings. The van der Waals surface area contributed by atoms with E-state index in [-0.39, 0.29) is 12.7 Å². The maximum absolute atomic E-state index is 13.2. The summed E-state index contributed by atoms with van der Waals surface area (Å²) in [5.41, 5.74) is 2.17. The lowest BCUT2D eigenvalue weighted by atomic mass is 9.93. The van der Waals surface area contributed by atoms with E-state index in [9.17, 15) is 4.79 Å². The van der Waals surface area contributed by atoms with Gasteiger partial charge < -0.3 is 34.5 Å². The van der Waals surface area contributed by atoms with Crippen molar-refractivity contribution in [1.29, 1.82) is 0 Å². The molecule has 1 amide bonds. The number of nitrogens with zero attached hydrogens (tertiary/aromatic N) is 1. The molecule has 9 heteroatoms. The summed E-state index contributed by atoms with van der Waals surface area (Å²) in [4.78, 5) is 15.0. The van der Waals surface area contributed by atoms with Gasteiger partial charge in [-0.05, 0) is 36.8 Å². The van der Waals surface area contributed by atoms with E-state index >= 15 is 0 Å². The monoisotopic (exact) mass is 391 g/mol. The molecule has 0 bridgehead atoms. The molecule has 0 radical (unpaired) electrons. The van der Waals surface area contributed by atoms with Crippen molar-refractivity contribution in [1.82, 2.24) is 15.5 Å². The fourth-order valence-corrected chi connectivity index (χ4v) is 3.75. The quantitative estimate of drug-likeness (QED) is 0.741. The van der Waals surface area contributed by atoms with Crippen LogP contribution >= 0.6 is 12.2 Å². The third-order valence-electron chi connectivity index (χ3n) is 4.81. The molecule has 27 heavy (non-hydrogen) atoms. The number of hydrogen-bond acceptors (Lipinski definition) is 6. The molecule has 0 aliphatic carbocycles. The van der Waals surface area contributed by atoms with Gasteiger partial charge in [-0.25, -0.2) is 0 Å². The lowest BCUT2D eigenvalue weighted by Crippen LogP contribution is -2.49. The molecule has 8 nitrogen and oxygen atoms in total. The van der Waals surface area contributed by atoms with E-state index < -0.39 is 6.04 Å². The standard InChI is InChI=1S/C18H21N3O5S/c1-10-14(17(22)21-3-5-24-6-4-21)15(20-18(27)19-10)11-7-12(23-2)16-13(8-11)25-9-26-16/h7-8,15H,3-6,9H2,1-2H3,(H2,19,20,27)/t15-/m0/s1. The summed E-state index contributed by atoms with van der Waals surface area (Å²) in [5, 5.41) is 6.74. The van der Waals surface area contributed by atoms with Crippen LogP contribution in [0.2, 0.25) is 0 Å². The first-order valence-electron chi connectivity index (χ1n) is 8.71. The zero-order valence-electron chi connectivity index (χ0n) is 15.2. The summed E-state index contributed by atoms with van der Waals surface area (Å²) in [5.74, 6) is 1.67. The Morgan fingerprint density at radius 2 is 2.07 bits per heavy atom. The van der Waals surface area contributed by atoms with Gasteiger partial charge in [-0.2, -0.15) is 0 Å². The van der Waals surface area contributed by atoms with E-state index in [2.05, 4.69) is 10.6 Å². The number of rotatable bonds is 3. The van der Waals surface area contributed by atoms with Crippen LogP contribution < -0.4 is 24.8 Å². The first-order chi connectivity index (χ1) is 13.1. The van der Waals surface area contributed by atoms with Crippen molar-refractivity contribution in [3.63, 3.8) is 0 Å². The van der Waals surface area contributed by atoms with E-state index in [1.165, 1.54) is 0 Å². The van der Waals surface area contributed by atoms with Gasteiger partial charge in [-0.15, -0.1) is 0 Å². The molecule has 4 rings (SSSR count). The minimum absolute atomic E-state index is 0.0417. The average molecular weight is 391 g/mol. The molecule has 1 aromatic carbocycles. The molecular formula is C18H21N3O5S. The van der Waals surface area contributed by atoms with Crippen LogP contribution in [0, 0.1) is 0 Å². The van der Waals surface area contributed by atoms with Crippen LogP contribution in [-0.4, -0.2) is 56.1 Å². The lowest BCUT2D eigenvalue weighted by Gasteiger charge is -2.35. The molecule has 3 aliphatic rings. The number of allylic oxidation sites excluding steroid dienone is 1. The van der Waals surface area contributed by atoms with Crippen LogP contribution in [0.1, 0.15) is 18.5 Å². The molecular weight excluding hydrogens is 370 g/mol. The molecule has 0 aromatic heterocycles. The molecule has 1 fully saturated rings. The van der Waals surface area contributed by atoms with Crippen LogP contribution in [0.4, 0.5) is 0 Å². The number of fused-ring (bicyclic) bond motifs is 1. The molecule has 3 aliphatic heterocycles. The Labute approximate surface area is 162 Å².